The minimum Gasteiger partial charge on any atom is -0.336 e. The number of nitriles is 1. The summed E-state index contributed by atoms with van der Waals surface area (Å²) < 4.78 is 0. The first-order valence-electron chi connectivity index (χ1n) is 7.66. The predicted molar refractivity (Wildman–Crippen MR) is 82.3 cm³/mol. The lowest BCUT2D eigenvalue weighted by atomic mass is 9.82. The van der Waals surface area contributed by atoms with Crippen molar-refractivity contribution in [3.05, 3.63) is 35.9 Å². The third-order valence-electron chi connectivity index (χ3n) is 4.13. The van der Waals surface area contributed by atoms with Crippen molar-refractivity contribution < 1.29 is 4.79 Å². The maximum absolute atomic E-state index is 12.3. The Bertz CT molecular complexity index is 501. The van der Waals surface area contributed by atoms with Gasteiger partial charge in [0.2, 0.25) is 5.91 Å². The molecular weight excluding hydrogens is 262 g/mol. The van der Waals surface area contributed by atoms with Crippen LogP contribution in [0.3, 0.4) is 0 Å². The Morgan fingerprint density at radius 3 is 2.57 bits per heavy atom. The van der Waals surface area contributed by atoms with Crippen LogP contribution >= 0.6 is 0 Å². The predicted octanol–water partition coefficient (Wildman–Crippen LogP) is 2.51. The molecule has 4 heteroatoms. The standard InChI is InChI=1S/C17H23N3O/c1-14(19-12-15-8-4-2-5-9-15)16(21)20-17(13-18)10-6-3-7-11-17/h2,4-5,8-9,14,19H,3,6-7,10-12H2,1H3,(H,20,21)/t14-/m0/s1. The van der Waals surface area contributed by atoms with Crippen LogP contribution in [-0.4, -0.2) is 17.5 Å². The van der Waals surface area contributed by atoms with Crippen LogP contribution in [0.2, 0.25) is 0 Å². The smallest absolute Gasteiger partial charge is 0.238 e. The zero-order valence-corrected chi connectivity index (χ0v) is 12.6. The van der Waals surface area contributed by atoms with Gasteiger partial charge in [0.05, 0.1) is 12.1 Å². The first kappa shape index (κ1) is 15.5. The molecule has 1 aromatic carbocycles. The number of hydrogen-bond donors (Lipinski definition) is 2. The molecule has 1 atom stereocenters. The number of nitrogens with zero attached hydrogens (tertiary/aromatic N) is 1. The second-order valence-electron chi connectivity index (χ2n) is 5.83. The molecule has 0 heterocycles. The second kappa shape index (κ2) is 7.24. The normalized spacial score (nSPS) is 18.5. The number of nitrogens with one attached hydrogen (secondary N) is 2. The highest BCUT2D eigenvalue weighted by Crippen LogP contribution is 2.27. The molecule has 0 aromatic heterocycles. The van der Waals surface area contributed by atoms with E-state index in [1.165, 1.54) is 0 Å². The lowest BCUT2D eigenvalue weighted by Gasteiger charge is -2.32. The molecule has 1 aromatic rings. The monoisotopic (exact) mass is 285 g/mol. The third-order valence-corrected chi connectivity index (χ3v) is 4.13. The molecule has 0 saturated heterocycles. The molecule has 1 fully saturated rings. The third kappa shape index (κ3) is 4.30. The van der Waals surface area contributed by atoms with Gasteiger partial charge in [0.1, 0.15) is 5.54 Å². The topological polar surface area (TPSA) is 64.9 Å². The fraction of sp³-hybridized carbons (Fsp3) is 0.529. The van der Waals surface area contributed by atoms with Crippen LogP contribution in [0.5, 0.6) is 0 Å². The molecular formula is C17H23N3O. The van der Waals surface area contributed by atoms with E-state index in [2.05, 4.69) is 16.7 Å². The Morgan fingerprint density at radius 2 is 1.95 bits per heavy atom. The van der Waals surface area contributed by atoms with Gasteiger partial charge in [-0.15, -0.1) is 0 Å². The van der Waals surface area contributed by atoms with Crippen LogP contribution < -0.4 is 10.6 Å². The molecule has 0 bridgehead atoms. The molecule has 0 radical (unpaired) electrons. The van der Waals surface area contributed by atoms with Gasteiger partial charge in [0.25, 0.3) is 0 Å². The molecule has 21 heavy (non-hydrogen) atoms. The Kier molecular flexibility index (Phi) is 5.35. The van der Waals surface area contributed by atoms with E-state index in [-0.39, 0.29) is 11.9 Å². The van der Waals surface area contributed by atoms with E-state index in [0.717, 1.165) is 37.7 Å². The number of benzene rings is 1. The van der Waals surface area contributed by atoms with Gasteiger partial charge in [-0.2, -0.15) is 5.26 Å². The summed E-state index contributed by atoms with van der Waals surface area (Å²) in [7, 11) is 0. The highest BCUT2D eigenvalue weighted by Gasteiger charge is 2.34. The van der Waals surface area contributed by atoms with Crippen LogP contribution in [0.25, 0.3) is 0 Å². The number of carbonyl (C=O) groups is 1. The van der Waals surface area contributed by atoms with E-state index < -0.39 is 5.54 Å². The van der Waals surface area contributed by atoms with E-state index in [9.17, 15) is 10.1 Å². The van der Waals surface area contributed by atoms with Crippen molar-refractivity contribution in [2.24, 2.45) is 0 Å². The number of rotatable bonds is 5. The summed E-state index contributed by atoms with van der Waals surface area (Å²) in [5, 5.41) is 15.6. The van der Waals surface area contributed by atoms with Gasteiger partial charge in [0.15, 0.2) is 0 Å². The largest absolute Gasteiger partial charge is 0.336 e. The molecule has 1 amide bonds. The van der Waals surface area contributed by atoms with E-state index in [4.69, 9.17) is 0 Å². The van der Waals surface area contributed by atoms with Gasteiger partial charge in [0, 0.05) is 6.54 Å². The molecule has 1 aliphatic rings. The van der Waals surface area contributed by atoms with Crippen LogP contribution in [0.15, 0.2) is 30.3 Å². The summed E-state index contributed by atoms with van der Waals surface area (Å²) in [4.78, 5) is 12.3. The van der Waals surface area contributed by atoms with E-state index in [0.29, 0.717) is 6.54 Å². The van der Waals surface area contributed by atoms with Gasteiger partial charge in [-0.3, -0.25) is 4.79 Å². The highest BCUT2D eigenvalue weighted by atomic mass is 16.2. The van der Waals surface area contributed by atoms with Gasteiger partial charge in [-0.05, 0) is 25.3 Å². The van der Waals surface area contributed by atoms with Gasteiger partial charge < -0.3 is 10.6 Å². The molecule has 1 saturated carbocycles. The summed E-state index contributed by atoms with van der Waals surface area (Å²) >= 11 is 0. The summed E-state index contributed by atoms with van der Waals surface area (Å²) in [6.45, 7) is 2.49. The molecule has 4 nitrogen and oxygen atoms in total. The van der Waals surface area contributed by atoms with Gasteiger partial charge >= 0.3 is 0 Å². The molecule has 2 rings (SSSR count). The van der Waals surface area contributed by atoms with Crippen molar-refractivity contribution >= 4 is 5.91 Å². The van der Waals surface area contributed by atoms with Crippen molar-refractivity contribution in [1.82, 2.24) is 10.6 Å². The quantitative estimate of drug-likeness (QED) is 0.873. The maximum Gasteiger partial charge on any atom is 0.238 e. The summed E-state index contributed by atoms with van der Waals surface area (Å²) in [5.74, 6) is -0.0885. The van der Waals surface area contributed by atoms with Crippen LogP contribution in [0.1, 0.15) is 44.6 Å². The average molecular weight is 285 g/mol. The average Bonchev–Trinajstić information content (AvgIpc) is 2.54. The van der Waals surface area contributed by atoms with Crippen molar-refractivity contribution in [2.75, 3.05) is 0 Å². The fourth-order valence-corrected chi connectivity index (χ4v) is 2.72. The Labute approximate surface area is 126 Å². The summed E-state index contributed by atoms with van der Waals surface area (Å²) in [5.41, 5.74) is 0.489. The van der Waals surface area contributed by atoms with Crippen molar-refractivity contribution in [3.8, 4) is 6.07 Å². The van der Waals surface area contributed by atoms with Crippen molar-refractivity contribution in [3.63, 3.8) is 0 Å². The lowest BCUT2D eigenvalue weighted by molar-refractivity contribution is -0.124. The number of hydrogen-bond acceptors (Lipinski definition) is 3. The fourth-order valence-electron chi connectivity index (χ4n) is 2.72. The second-order valence-corrected chi connectivity index (χ2v) is 5.83. The summed E-state index contributed by atoms with van der Waals surface area (Å²) in [6.07, 6.45) is 4.71. The lowest BCUT2D eigenvalue weighted by Crippen LogP contribution is -2.54. The van der Waals surface area contributed by atoms with Gasteiger partial charge in [-0.1, -0.05) is 49.6 Å². The van der Waals surface area contributed by atoms with Crippen LogP contribution in [0, 0.1) is 11.3 Å². The minimum atomic E-state index is -0.655. The van der Waals surface area contributed by atoms with Crippen LogP contribution in [-0.2, 0) is 11.3 Å². The Morgan fingerprint density at radius 1 is 1.29 bits per heavy atom. The van der Waals surface area contributed by atoms with E-state index >= 15 is 0 Å². The molecule has 0 aliphatic heterocycles. The van der Waals surface area contributed by atoms with E-state index in [1.807, 2.05) is 37.3 Å². The zero-order valence-electron chi connectivity index (χ0n) is 12.6. The number of amides is 1. The maximum atomic E-state index is 12.3. The first-order valence-corrected chi connectivity index (χ1v) is 7.66. The SMILES string of the molecule is C[C@H](NCc1ccccc1)C(=O)NC1(C#N)CCCCC1. The summed E-state index contributed by atoms with van der Waals surface area (Å²) in [6, 6.07) is 12.0. The minimum absolute atomic E-state index is 0.0885. The molecule has 2 N–H and O–H groups in total. The molecule has 0 unspecified atom stereocenters. The highest BCUT2D eigenvalue weighted by molar-refractivity contribution is 5.82. The van der Waals surface area contributed by atoms with Crippen LogP contribution in [0.4, 0.5) is 0 Å². The van der Waals surface area contributed by atoms with Crippen molar-refractivity contribution in [1.29, 1.82) is 5.26 Å². The number of carbonyl (C=O) groups excluding carboxylic acids is 1. The van der Waals surface area contributed by atoms with Gasteiger partial charge in [-0.25, -0.2) is 0 Å². The molecule has 1 aliphatic carbocycles. The molecule has 112 valence electrons. The first-order chi connectivity index (χ1) is 10.2. The molecule has 0 spiro atoms. The van der Waals surface area contributed by atoms with Crippen molar-refractivity contribution in [2.45, 2.75) is 57.2 Å². The van der Waals surface area contributed by atoms with E-state index in [1.54, 1.807) is 0 Å². The Hall–Kier alpha value is -1.86. The Balaban J connectivity index is 1.86. The zero-order chi connectivity index (χ0) is 15.1.